The second kappa shape index (κ2) is 6.39. The van der Waals surface area contributed by atoms with Gasteiger partial charge in [0.05, 0.1) is 11.7 Å². The fraction of sp³-hybridized carbons (Fsp3) is 0.625. The van der Waals surface area contributed by atoms with Gasteiger partial charge in [0.1, 0.15) is 0 Å². The normalized spacial score (nSPS) is 31.6. The van der Waals surface area contributed by atoms with Gasteiger partial charge in [-0.2, -0.15) is 11.8 Å². The number of hydrogen-bond acceptors (Lipinski definition) is 3. The molecule has 1 aromatic carbocycles. The molecular formula is C16H21BrO2S. The van der Waals surface area contributed by atoms with Gasteiger partial charge in [0.25, 0.3) is 0 Å². The Balaban J connectivity index is 1.63. The molecule has 1 aromatic rings. The van der Waals surface area contributed by atoms with Crippen molar-refractivity contribution >= 4 is 27.7 Å². The van der Waals surface area contributed by atoms with Crippen LogP contribution in [-0.4, -0.2) is 34.9 Å². The lowest BCUT2D eigenvalue weighted by Crippen LogP contribution is -2.43. The van der Waals surface area contributed by atoms with E-state index in [1.54, 1.807) is 0 Å². The average molecular weight is 357 g/mol. The Morgan fingerprint density at radius 1 is 1.50 bits per heavy atom. The monoisotopic (exact) mass is 356 g/mol. The van der Waals surface area contributed by atoms with E-state index in [-0.39, 0.29) is 11.7 Å². The summed E-state index contributed by atoms with van der Waals surface area (Å²) in [4.78, 5) is 0. The summed E-state index contributed by atoms with van der Waals surface area (Å²) in [5.74, 6) is 2.68. The molecule has 2 aliphatic rings. The third kappa shape index (κ3) is 3.41. The summed E-state index contributed by atoms with van der Waals surface area (Å²) in [6, 6.07) is 8.25. The lowest BCUT2D eigenvalue weighted by Gasteiger charge is -2.39. The van der Waals surface area contributed by atoms with E-state index in [2.05, 4.69) is 28.1 Å². The summed E-state index contributed by atoms with van der Waals surface area (Å²) in [6.07, 6.45) is 3.65. The number of rotatable bonds is 3. The zero-order valence-corrected chi connectivity index (χ0v) is 14.0. The topological polar surface area (TPSA) is 29.5 Å². The maximum atomic E-state index is 10.6. The number of hydrogen-bond donors (Lipinski definition) is 1. The zero-order valence-electron chi connectivity index (χ0n) is 11.6. The molecule has 2 saturated heterocycles. The Labute approximate surface area is 133 Å². The van der Waals surface area contributed by atoms with Crippen molar-refractivity contribution in [3.05, 3.63) is 34.3 Å². The van der Waals surface area contributed by atoms with Crippen molar-refractivity contribution in [2.24, 2.45) is 5.92 Å². The highest BCUT2D eigenvalue weighted by Crippen LogP contribution is 2.41. The van der Waals surface area contributed by atoms with Crippen LogP contribution in [0.4, 0.5) is 0 Å². The number of ether oxygens (including phenoxy) is 1. The Bertz CT molecular complexity index is 460. The molecule has 2 heterocycles. The maximum Gasteiger partial charge on any atom is 0.0783 e. The van der Waals surface area contributed by atoms with Crippen LogP contribution in [0.5, 0.6) is 0 Å². The van der Waals surface area contributed by atoms with Gasteiger partial charge in [0, 0.05) is 16.8 Å². The van der Waals surface area contributed by atoms with Gasteiger partial charge in [-0.05, 0) is 55.1 Å². The molecule has 2 fully saturated rings. The van der Waals surface area contributed by atoms with E-state index in [1.807, 2.05) is 23.9 Å². The minimum Gasteiger partial charge on any atom is -0.392 e. The molecule has 2 aliphatic heterocycles. The van der Waals surface area contributed by atoms with Crippen LogP contribution in [0.2, 0.25) is 0 Å². The van der Waals surface area contributed by atoms with Crippen LogP contribution in [0, 0.1) is 5.92 Å². The van der Waals surface area contributed by atoms with Gasteiger partial charge >= 0.3 is 0 Å². The molecule has 3 atom stereocenters. The predicted octanol–water partition coefficient (Wildman–Crippen LogP) is 3.65. The molecule has 3 rings (SSSR count). The summed E-state index contributed by atoms with van der Waals surface area (Å²) in [5, 5.41) is 10.6. The Kier molecular flexibility index (Phi) is 4.75. The number of thioether (sulfide) groups is 1. The van der Waals surface area contributed by atoms with Gasteiger partial charge in [0.15, 0.2) is 0 Å². The molecule has 1 N–H and O–H groups in total. The van der Waals surface area contributed by atoms with E-state index in [9.17, 15) is 5.11 Å². The van der Waals surface area contributed by atoms with E-state index >= 15 is 0 Å². The molecule has 0 radical (unpaired) electrons. The van der Waals surface area contributed by atoms with Gasteiger partial charge in [-0.3, -0.25) is 0 Å². The van der Waals surface area contributed by atoms with Gasteiger partial charge in [-0.15, -0.1) is 0 Å². The van der Waals surface area contributed by atoms with Crippen molar-refractivity contribution in [2.75, 3.05) is 18.1 Å². The molecule has 2 nitrogen and oxygen atoms in total. The lowest BCUT2D eigenvalue weighted by atomic mass is 9.81. The largest absolute Gasteiger partial charge is 0.392 e. The molecule has 0 aliphatic carbocycles. The van der Waals surface area contributed by atoms with E-state index in [0.717, 1.165) is 42.5 Å². The average Bonchev–Trinajstić information content (AvgIpc) is 2.87. The molecule has 0 aromatic heterocycles. The van der Waals surface area contributed by atoms with Gasteiger partial charge in [-0.25, -0.2) is 0 Å². The summed E-state index contributed by atoms with van der Waals surface area (Å²) in [7, 11) is 0. The standard InChI is InChI=1S/C16H21BrO2S/c17-14-3-1-2-12(8-14)9-15(18)13-4-6-19-16(10-13)5-7-20-11-16/h1-3,8,13,15,18H,4-7,9-11H2. The molecule has 0 bridgehead atoms. The predicted molar refractivity (Wildman–Crippen MR) is 87.2 cm³/mol. The Hall–Kier alpha value is -0.0300. The maximum absolute atomic E-state index is 10.6. The van der Waals surface area contributed by atoms with Gasteiger partial charge in [0.2, 0.25) is 0 Å². The van der Waals surface area contributed by atoms with Crippen molar-refractivity contribution in [2.45, 2.75) is 37.4 Å². The third-order valence-electron chi connectivity index (χ3n) is 4.48. The molecule has 4 heteroatoms. The van der Waals surface area contributed by atoms with Crippen LogP contribution in [-0.2, 0) is 11.2 Å². The quantitative estimate of drug-likeness (QED) is 0.895. The fourth-order valence-electron chi connectivity index (χ4n) is 3.33. The zero-order chi connectivity index (χ0) is 14.0. The Morgan fingerprint density at radius 3 is 3.15 bits per heavy atom. The van der Waals surface area contributed by atoms with Crippen LogP contribution < -0.4 is 0 Å². The molecule has 1 spiro atoms. The molecular weight excluding hydrogens is 336 g/mol. The van der Waals surface area contributed by atoms with Gasteiger partial charge in [-0.1, -0.05) is 28.1 Å². The fourth-order valence-corrected chi connectivity index (χ4v) is 5.15. The number of halogens is 1. The molecule has 3 unspecified atom stereocenters. The summed E-state index contributed by atoms with van der Waals surface area (Å²) in [6.45, 7) is 0.806. The summed E-state index contributed by atoms with van der Waals surface area (Å²) >= 11 is 5.48. The van der Waals surface area contributed by atoms with Crippen LogP contribution in [0.3, 0.4) is 0 Å². The van der Waals surface area contributed by atoms with Crippen molar-refractivity contribution in [1.82, 2.24) is 0 Å². The molecule has 0 amide bonds. The van der Waals surface area contributed by atoms with Crippen LogP contribution >= 0.6 is 27.7 Å². The van der Waals surface area contributed by atoms with E-state index in [1.165, 1.54) is 11.3 Å². The Morgan fingerprint density at radius 2 is 2.40 bits per heavy atom. The minimum absolute atomic E-state index is 0.0613. The van der Waals surface area contributed by atoms with E-state index in [0.29, 0.717) is 5.92 Å². The first-order valence-corrected chi connectivity index (χ1v) is 9.26. The molecule has 110 valence electrons. The summed E-state index contributed by atoms with van der Waals surface area (Å²) in [5.41, 5.74) is 1.26. The molecule has 0 saturated carbocycles. The second-order valence-corrected chi connectivity index (χ2v) is 8.01. The summed E-state index contributed by atoms with van der Waals surface area (Å²) < 4.78 is 7.12. The van der Waals surface area contributed by atoms with Crippen LogP contribution in [0.1, 0.15) is 24.8 Å². The lowest BCUT2D eigenvalue weighted by molar-refractivity contribution is -0.101. The van der Waals surface area contributed by atoms with Crippen molar-refractivity contribution < 1.29 is 9.84 Å². The van der Waals surface area contributed by atoms with E-state index in [4.69, 9.17) is 4.74 Å². The highest BCUT2D eigenvalue weighted by atomic mass is 79.9. The van der Waals surface area contributed by atoms with Gasteiger partial charge < -0.3 is 9.84 Å². The first kappa shape index (κ1) is 14.9. The first-order chi connectivity index (χ1) is 9.67. The third-order valence-corrected chi connectivity index (χ3v) is 6.19. The van der Waals surface area contributed by atoms with Crippen LogP contribution in [0.25, 0.3) is 0 Å². The number of aliphatic hydroxyl groups excluding tert-OH is 1. The van der Waals surface area contributed by atoms with Crippen LogP contribution in [0.15, 0.2) is 28.7 Å². The smallest absolute Gasteiger partial charge is 0.0783 e. The SMILES string of the molecule is OC(Cc1cccc(Br)c1)C1CCOC2(CCSC2)C1. The highest BCUT2D eigenvalue weighted by Gasteiger charge is 2.42. The van der Waals surface area contributed by atoms with Crippen molar-refractivity contribution in [3.63, 3.8) is 0 Å². The van der Waals surface area contributed by atoms with Crippen molar-refractivity contribution in [3.8, 4) is 0 Å². The number of aliphatic hydroxyl groups is 1. The molecule has 20 heavy (non-hydrogen) atoms. The minimum atomic E-state index is -0.254. The van der Waals surface area contributed by atoms with Crippen molar-refractivity contribution in [1.29, 1.82) is 0 Å². The highest BCUT2D eigenvalue weighted by molar-refractivity contribution is 9.10. The van der Waals surface area contributed by atoms with E-state index < -0.39 is 0 Å². The number of benzene rings is 1. The first-order valence-electron chi connectivity index (χ1n) is 7.31. The second-order valence-electron chi connectivity index (χ2n) is 5.99.